The van der Waals surface area contributed by atoms with Gasteiger partial charge in [-0.2, -0.15) is 0 Å². The van der Waals surface area contributed by atoms with Crippen molar-refractivity contribution >= 4 is 11.7 Å². The summed E-state index contributed by atoms with van der Waals surface area (Å²) < 4.78 is 0. The van der Waals surface area contributed by atoms with Gasteiger partial charge < -0.3 is 11.1 Å². The molecule has 88 valence electrons. The first-order valence-electron chi connectivity index (χ1n) is 5.53. The van der Waals surface area contributed by atoms with Gasteiger partial charge in [-0.3, -0.25) is 4.90 Å². The quantitative estimate of drug-likeness (QED) is 0.799. The van der Waals surface area contributed by atoms with Gasteiger partial charge in [0.15, 0.2) is 0 Å². The van der Waals surface area contributed by atoms with E-state index in [0.717, 1.165) is 25.3 Å². The molecular weight excluding hydrogens is 202 g/mol. The zero-order valence-electron chi connectivity index (χ0n) is 9.86. The van der Waals surface area contributed by atoms with Crippen LogP contribution in [-0.2, 0) is 6.54 Å². The van der Waals surface area contributed by atoms with Gasteiger partial charge in [0.1, 0.15) is 0 Å². The first-order chi connectivity index (χ1) is 7.65. The van der Waals surface area contributed by atoms with Gasteiger partial charge in [0.25, 0.3) is 0 Å². The number of hydrogen-bond acceptors (Lipinski definition) is 2. The van der Waals surface area contributed by atoms with E-state index in [1.54, 1.807) is 0 Å². The van der Waals surface area contributed by atoms with Crippen LogP contribution in [0.5, 0.6) is 0 Å². The Morgan fingerprint density at radius 1 is 1.38 bits per heavy atom. The average molecular weight is 221 g/mol. The molecule has 2 amide bonds. The highest BCUT2D eigenvalue weighted by atomic mass is 16.2. The van der Waals surface area contributed by atoms with Gasteiger partial charge in [-0.05, 0) is 30.8 Å². The van der Waals surface area contributed by atoms with Gasteiger partial charge in [-0.1, -0.05) is 26.0 Å². The molecule has 0 heterocycles. The Bertz CT molecular complexity index is 348. The molecule has 1 rings (SSSR count). The van der Waals surface area contributed by atoms with Crippen LogP contribution in [0.3, 0.4) is 0 Å². The Morgan fingerprint density at radius 3 is 2.62 bits per heavy atom. The molecule has 1 aromatic carbocycles. The fourth-order valence-corrected chi connectivity index (χ4v) is 1.60. The number of nitrogens with one attached hydrogen (secondary N) is 1. The molecule has 0 radical (unpaired) electrons. The summed E-state index contributed by atoms with van der Waals surface area (Å²) in [6.45, 7) is 7.19. The highest BCUT2D eigenvalue weighted by Gasteiger charge is 2.02. The zero-order valence-corrected chi connectivity index (χ0v) is 9.86. The monoisotopic (exact) mass is 221 g/mol. The predicted octanol–water partition coefficient (Wildman–Crippen LogP) is 2.02. The second-order valence-corrected chi connectivity index (χ2v) is 3.65. The average Bonchev–Trinajstić information content (AvgIpc) is 2.25. The van der Waals surface area contributed by atoms with E-state index in [2.05, 4.69) is 24.1 Å². The van der Waals surface area contributed by atoms with E-state index in [1.807, 2.05) is 24.3 Å². The number of amides is 2. The van der Waals surface area contributed by atoms with Gasteiger partial charge >= 0.3 is 6.03 Å². The highest BCUT2D eigenvalue weighted by molar-refractivity contribution is 5.87. The number of carbonyl (C=O) groups excluding carboxylic acids is 1. The lowest BCUT2D eigenvalue weighted by Gasteiger charge is -2.18. The van der Waals surface area contributed by atoms with Crippen LogP contribution in [0.1, 0.15) is 19.4 Å². The van der Waals surface area contributed by atoms with Crippen LogP contribution in [0.25, 0.3) is 0 Å². The molecule has 0 saturated carbocycles. The minimum absolute atomic E-state index is 0.528. The van der Waals surface area contributed by atoms with Crippen LogP contribution in [-0.4, -0.2) is 24.0 Å². The van der Waals surface area contributed by atoms with Crippen LogP contribution < -0.4 is 11.1 Å². The third-order valence-electron chi connectivity index (χ3n) is 2.50. The first kappa shape index (κ1) is 12.5. The number of hydrogen-bond donors (Lipinski definition) is 2. The lowest BCUT2D eigenvalue weighted by molar-refractivity contribution is 0.259. The van der Waals surface area contributed by atoms with Crippen LogP contribution >= 0.6 is 0 Å². The Balaban J connectivity index is 2.70. The largest absolute Gasteiger partial charge is 0.351 e. The summed E-state index contributed by atoms with van der Waals surface area (Å²) in [6.07, 6.45) is 0. The molecule has 0 aliphatic rings. The summed E-state index contributed by atoms with van der Waals surface area (Å²) in [4.78, 5) is 13.0. The fourth-order valence-electron chi connectivity index (χ4n) is 1.60. The highest BCUT2D eigenvalue weighted by Crippen LogP contribution is 2.12. The third-order valence-corrected chi connectivity index (χ3v) is 2.50. The normalized spacial score (nSPS) is 10.4. The summed E-state index contributed by atoms with van der Waals surface area (Å²) in [6, 6.07) is 7.22. The van der Waals surface area contributed by atoms with Crippen molar-refractivity contribution in [2.75, 3.05) is 18.4 Å². The molecule has 0 bridgehead atoms. The van der Waals surface area contributed by atoms with Crippen molar-refractivity contribution in [3.8, 4) is 0 Å². The van der Waals surface area contributed by atoms with Crippen LogP contribution in [0, 0.1) is 0 Å². The molecule has 0 saturated heterocycles. The number of urea groups is 1. The molecule has 0 spiro atoms. The van der Waals surface area contributed by atoms with Gasteiger partial charge in [-0.15, -0.1) is 0 Å². The number of anilines is 1. The molecule has 3 N–H and O–H groups in total. The molecule has 1 aromatic rings. The standard InChI is InChI=1S/C12H19N3O/c1-3-15(4-2)9-10-6-5-7-11(8-10)14-12(13)16/h5-8H,3-4,9H2,1-2H3,(H3,13,14,16). The molecular formula is C12H19N3O. The fraction of sp³-hybridized carbons (Fsp3) is 0.417. The summed E-state index contributed by atoms with van der Waals surface area (Å²) in [5.74, 6) is 0. The topological polar surface area (TPSA) is 58.4 Å². The molecule has 0 aromatic heterocycles. The number of benzene rings is 1. The third kappa shape index (κ3) is 3.90. The van der Waals surface area contributed by atoms with E-state index >= 15 is 0 Å². The predicted molar refractivity (Wildman–Crippen MR) is 66.3 cm³/mol. The van der Waals surface area contributed by atoms with E-state index in [-0.39, 0.29) is 0 Å². The van der Waals surface area contributed by atoms with Crippen molar-refractivity contribution in [3.05, 3.63) is 29.8 Å². The number of rotatable bonds is 5. The van der Waals surface area contributed by atoms with Gasteiger partial charge in [0.2, 0.25) is 0 Å². The minimum atomic E-state index is -0.528. The van der Waals surface area contributed by atoms with Crippen molar-refractivity contribution in [2.45, 2.75) is 20.4 Å². The van der Waals surface area contributed by atoms with E-state index in [9.17, 15) is 4.79 Å². The first-order valence-corrected chi connectivity index (χ1v) is 5.53. The minimum Gasteiger partial charge on any atom is -0.351 e. The van der Waals surface area contributed by atoms with E-state index in [0.29, 0.717) is 0 Å². The number of carbonyl (C=O) groups is 1. The van der Waals surface area contributed by atoms with E-state index in [1.165, 1.54) is 5.56 Å². The maximum absolute atomic E-state index is 10.7. The van der Waals surface area contributed by atoms with Crippen molar-refractivity contribution in [2.24, 2.45) is 5.73 Å². The van der Waals surface area contributed by atoms with Gasteiger partial charge in [0, 0.05) is 12.2 Å². The van der Waals surface area contributed by atoms with E-state index in [4.69, 9.17) is 5.73 Å². The lowest BCUT2D eigenvalue weighted by Crippen LogP contribution is -2.22. The van der Waals surface area contributed by atoms with E-state index < -0.39 is 6.03 Å². The van der Waals surface area contributed by atoms with Gasteiger partial charge in [0.05, 0.1) is 0 Å². The number of primary amides is 1. The summed E-state index contributed by atoms with van der Waals surface area (Å²) in [5.41, 5.74) is 6.99. The molecule has 0 atom stereocenters. The smallest absolute Gasteiger partial charge is 0.316 e. The van der Waals surface area contributed by atoms with Gasteiger partial charge in [-0.25, -0.2) is 4.79 Å². The Hall–Kier alpha value is -1.55. The summed E-state index contributed by atoms with van der Waals surface area (Å²) >= 11 is 0. The summed E-state index contributed by atoms with van der Waals surface area (Å²) in [7, 11) is 0. The van der Waals surface area contributed by atoms with Crippen LogP contribution in [0.2, 0.25) is 0 Å². The Kier molecular flexibility index (Phi) is 4.79. The molecule has 0 aliphatic heterocycles. The maximum atomic E-state index is 10.7. The molecule has 0 fully saturated rings. The Labute approximate surface area is 96.4 Å². The Morgan fingerprint density at radius 2 is 2.06 bits per heavy atom. The molecule has 16 heavy (non-hydrogen) atoms. The molecule has 4 nitrogen and oxygen atoms in total. The second kappa shape index (κ2) is 6.12. The number of nitrogens with zero attached hydrogens (tertiary/aromatic N) is 1. The van der Waals surface area contributed by atoms with Crippen LogP contribution in [0.4, 0.5) is 10.5 Å². The second-order valence-electron chi connectivity index (χ2n) is 3.65. The molecule has 0 unspecified atom stereocenters. The zero-order chi connectivity index (χ0) is 12.0. The van der Waals surface area contributed by atoms with Crippen molar-refractivity contribution in [1.82, 2.24) is 4.90 Å². The number of nitrogens with two attached hydrogens (primary N) is 1. The SMILES string of the molecule is CCN(CC)Cc1cccc(NC(N)=O)c1. The van der Waals surface area contributed by atoms with Crippen molar-refractivity contribution in [3.63, 3.8) is 0 Å². The molecule has 0 aliphatic carbocycles. The summed E-state index contributed by atoms with van der Waals surface area (Å²) in [5, 5.41) is 2.57. The van der Waals surface area contributed by atoms with Crippen LogP contribution in [0.15, 0.2) is 24.3 Å². The maximum Gasteiger partial charge on any atom is 0.316 e. The molecule has 4 heteroatoms. The van der Waals surface area contributed by atoms with Crippen molar-refractivity contribution in [1.29, 1.82) is 0 Å². The lowest BCUT2D eigenvalue weighted by atomic mass is 10.2. The van der Waals surface area contributed by atoms with Crippen molar-refractivity contribution < 1.29 is 4.79 Å².